The van der Waals surface area contributed by atoms with E-state index in [0.29, 0.717) is 11.6 Å². The summed E-state index contributed by atoms with van der Waals surface area (Å²) in [5.41, 5.74) is 0.493. The van der Waals surface area contributed by atoms with Gasteiger partial charge in [0.1, 0.15) is 5.69 Å². The minimum atomic E-state index is 0.256. The monoisotopic (exact) mass is 200 g/mol. The molecule has 62 valence electrons. The van der Waals surface area contributed by atoms with Crippen molar-refractivity contribution in [3.63, 3.8) is 0 Å². The number of rotatable bonds is 2. The number of aliphatic imine (C=N–C) groups is 1. The highest BCUT2D eigenvalue weighted by Crippen LogP contribution is 2.24. The van der Waals surface area contributed by atoms with Crippen LogP contribution in [0, 0.1) is 0 Å². The molecular weight excluding hydrogens is 196 g/mol. The normalized spacial score (nSPS) is 8.83. The van der Waals surface area contributed by atoms with Gasteiger partial charge in [0, 0.05) is 6.07 Å². The molecule has 0 bridgehead atoms. The van der Waals surface area contributed by atoms with Crippen molar-refractivity contribution in [1.82, 2.24) is 4.98 Å². The molecule has 1 heterocycles. The summed E-state index contributed by atoms with van der Waals surface area (Å²) in [4.78, 5) is 7.57. The van der Waals surface area contributed by atoms with Crippen LogP contribution < -0.4 is 4.74 Å². The maximum Gasteiger partial charge on any atom is 0.214 e. The summed E-state index contributed by atoms with van der Waals surface area (Å²) in [5, 5.41) is 2.46. The number of nitrogens with zero attached hydrogens (tertiary/aromatic N) is 2. The molecule has 1 aromatic rings. The predicted octanol–water partition coefficient (Wildman–Crippen LogP) is 2.48. The molecule has 0 unspecified atom stereocenters. The van der Waals surface area contributed by atoms with Crippen LogP contribution >= 0.6 is 23.8 Å². The lowest BCUT2D eigenvalue weighted by molar-refractivity contribution is 0.398. The third kappa shape index (κ3) is 2.01. The largest absolute Gasteiger partial charge is 0.481 e. The van der Waals surface area contributed by atoms with Crippen molar-refractivity contribution < 1.29 is 4.74 Å². The summed E-state index contributed by atoms with van der Waals surface area (Å²) in [6, 6.07) is 3.31. The molecule has 0 aliphatic carbocycles. The van der Waals surface area contributed by atoms with Gasteiger partial charge in [0.05, 0.1) is 12.3 Å². The lowest BCUT2D eigenvalue weighted by Gasteiger charge is -1.99. The first kappa shape index (κ1) is 9.13. The number of pyridine rings is 1. The van der Waals surface area contributed by atoms with Gasteiger partial charge < -0.3 is 4.74 Å². The number of thiocarbonyl (C=S) groups is 1. The number of aromatic nitrogens is 1. The summed E-state index contributed by atoms with van der Waals surface area (Å²) in [6.45, 7) is 0. The molecule has 12 heavy (non-hydrogen) atoms. The Morgan fingerprint density at radius 3 is 2.92 bits per heavy atom. The zero-order chi connectivity index (χ0) is 8.97. The molecule has 0 saturated heterocycles. The maximum atomic E-state index is 5.72. The van der Waals surface area contributed by atoms with Crippen LogP contribution in [0.1, 0.15) is 0 Å². The molecule has 0 N–H and O–H groups in total. The molecule has 1 aromatic heterocycles. The zero-order valence-corrected chi connectivity index (χ0v) is 7.82. The van der Waals surface area contributed by atoms with Crippen LogP contribution in [0.4, 0.5) is 5.69 Å². The molecule has 0 aromatic carbocycles. The van der Waals surface area contributed by atoms with E-state index >= 15 is 0 Å². The molecule has 0 atom stereocenters. The molecule has 5 heteroatoms. The first-order chi connectivity index (χ1) is 5.77. The fourth-order valence-electron chi connectivity index (χ4n) is 0.657. The molecule has 0 aliphatic rings. The van der Waals surface area contributed by atoms with E-state index in [-0.39, 0.29) is 5.15 Å². The highest BCUT2D eigenvalue weighted by Gasteiger charge is 2.00. The standard InChI is InChI=1S/C7H5ClN2OS/c1-11-6-3-2-5(9-4-12)7(8)10-6/h2-3H,1H3. The second-order valence-electron chi connectivity index (χ2n) is 1.87. The van der Waals surface area contributed by atoms with Crippen LogP contribution in [-0.2, 0) is 0 Å². The third-order valence-corrected chi connectivity index (χ3v) is 1.55. The highest BCUT2D eigenvalue weighted by molar-refractivity contribution is 7.78. The Kier molecular flexibility index (Phi) is 3.17. The predicted molar refractivity (Wildman–Crippen MR) is 50.5 cm³/mol. The van der Waals surface area contributed by atoms with Crippen molar-refractivity contribution in [3.05, 3.63) is 17.3 Å². The van der Waals surface area contributed by atoms with Crippen LogP contribution in [0.5, 0.6) is 5.88 Å². The molecule has 0 spiro atoms. The molecule has 0 radical (unpaired) electrons. The second-order valence-corrected chi connectivity index (χ2v) is 2.41. The van der Waals surface area contributed by atoms with Crippen LogP contribution in [0.25, 0.3) is 0 Å². The van der Waals surface area contributed by atoms with E-state index < -0.39 is 0 Å². The molecule has 0 amide bonds. The van der Waals surface area contributed by atoms with E-state index in [0.717, 1.165) is 0 Å². The van der Waals surface area contributed by atoms with Crippen LogP contribution in [0.2, 0.25) is 5.15 Å². The van der Waals surface area contributed by atoms with Gasteiger partial charge in [-0.05, 0) is 18.3 Å². The molecule has 0 saturated carbocycles. The van der Waals surface area contributed by atoms with E-state index in [2.05, 4.69) is 27.4 Å². The van der Waals surface area contributed by atoms with Crippen LogP contribution in [0.15, 0.2) is 17.1 Å². The number of halogens is 1. The van der Waals surface area contributed by atoms with Gasteiger partial charge >= 0.3 is 0 Å². The van der Waals surface area contributed by atoms with E-state index in [1.807, 2.05) is 0 Å². The average Bonchev–Trinajstić information content (AvgIpc) is 2.09. The first-order valence-corrected chi connectivity index (χ1v) is 3.85. The fourth-order valence-corrected chi connectivity index (χ4v) is 0.943. The highest BCUT2D eigenvalue weighted by atomic mass is 35.5. The topological polar surface area (TPSA) is 34.5 Å². The SMILES string of the molecule is COc1ccc(N=C=S)c(Cl)n1. The quantitative estimate of drug-likeness (QED) is 0.418. The number of isothiocyanates is 1. The first-order valence-electron chi connectivity index (χ1n) is 3.06. The van der Waals surface area contributed by atoms with E-state index in [9.17, 15) is 0 Å². The second kappa shape index (κ2) is 4.16. The van der Waals surface area contributed by atoms with E-state index in [1.54, 1.807) is 12.1 Å². The Morgan fingerprint density at radius 1 is 1.67 bits per heavy atom. The van der Waals surface area contributed by atoms with Gasteiger partial charge in [-0.15, -0.1) is 0 Å². The van der Waals surface area contributed by atoms with E-state index in [1.165, 1.54) is 7.11 Å². The van der Waals surface area contributed by atoms with Crippen molar-refractivity contribution in [2.45, 2.75) is 0 Å². The van der Waals surface area contributed by atoms with Crippen molar-refractivity contribution in [2.75, 3.05) is 7.11 Å². The van der Waals surface area contributed by atoms with Crippen molar-refractivity contribution >= 4 is 34.7 Å². The lowest BCUT2D eigenvalue weighted by atomic mass is 10.4. The number of hydrogen-bond donors (Lipinski definition) is 0. The Labute approximate surface area is 80.1 Å². The zero-order valence-electron chi connectivity index (χ0n) is 6.24. The smallest absolute Gasteiger partial charge is 0.214 e. The fraction of sp³-hybridized carbons (Fsp3) is 0.143. The molecule has 0 aliphatic heterocycles. The summed E-state index contributed by atoms with van der Waals surface area (Å²) in [5.74, 6) is 0.448. The van der Waals surface area contributed by atoms with Crippen molar-refractivity contribution in [3.8, 4) is 5.88 Å². The summed E-state index contributed by atoms with van der Waals surface area (Å²) in [6.07, 6.45) is 0. The van der Waals surface area contributed by atoms with Crippen LogP contribution in [-0.4, -0.2) is 17.3 Å². The van der Waals surface area contributed by atoms with Gasteiger partial charge in [-0.1, -0.05) is 11.6 Å². The van der Waals surface area contributed by atoms with Gasteiger partial charge in [0.2, 0.25) is 5.88 Å². The summed E-state index contributed by atoms with van der Waals surface area (Å²) < 4.78 is 4.84. The molecule has 1 rings (SSSR count). The number of ether oxygens (including phenoxy) is 1. The van der Waals surface area contributed by atoms with Gasteiger partial charge in [-0.2, -0.15) is 9.98 Å². The Bertz CT molecular complexity index is 336. The molecular formula is C7H5ClN2OS. The van der Waals surface area contributed by atoms with Crippen molar-refractivity contribution in [2.24, 2.45) is 4.99 Å². The van der Waals surface area contributed by atoms with Gasteiger partial charge in [0.15, 0.2) is 5.15 Å². The van der Waals surface area contributed by atoms with E-state index in [4.69, 9.17) is 16.3 Å². The lowest BCUT2D eigenvalue weighted by Crippen LogP contribution is -1.86. The van der Waals surface area contributed by atoms with Gasteiger partial charge in [0.25, 0.3) is 0 Å². The Morgan fingerprint density at radius 2 is 2.42 bits per heavy atom. The van der Waals surface area contributed by atoms with Gasteiger partial charge in [-0.3, -0.25) is 0 Å². The molecule has 0 fully saturated rings. The van der Waals surface area contributed by atoms with Crippen molar-refractivity contribution in [1.29, 1.82) is 0 Å². The van der Waals surface area contributed by atoms with Gasteiger partial charge in [-0.25, -0.2) is 0 Å². The Hall–Kier alpha value is -0.960. The maximum absolute atomic E-state index is 5.72. The molecule has 3 nitrogen and oxygen atoms in total. The summed E-state index contributed by atoms with van der Waals surface area (Å²) in [7, 11) is 1.51. The average molecular weight is 201 g/mol. The number of methoxy groups -OCH3 is 1. The number of hydrogen-bond acceptors (Lipinski definition) is 4. The third-order valence-electron chi connectivity index (χ3n) is 1.18. The minimum Gasteiger partial charge on any atom is -0.481 e. The minimum absolute atomic E-state index is 0.256. The van der Waals surface area contributed by atoms with Crippen LogP contribution in [0.3, 0.4) is 0 Å². The summed E-state index contributed by atoms with van der Waals surface area (Å²) >= 11 is 10.1. The Balaban J connectivity index is 3.11.